The van der Waals surface area contributed by atoms with Crippen molar-refractivity contribution in [1.29, 1.82) is 0 Å². The summed E-state index contributed by atoms with van der Waals surface area (Å²) >= 11 is 0.877. The minimum atomic E-state index is -0.394. The van der Waals surface area contributed by atoms with Gasteiger partial charge in [0.15, 0.2) is 0 Å². The fourth-order valence-electron chi connectivity index (χ4n) is 3.61. The first-order valence-electron chi connectivity index (χ1n) is 9.37. The molecule has 3 heterocycles. The molecule has 2 aromatic carbocycles. The van der Waals surface area contributed by atoms with Crippen LogP contribution in [0.5, 0.6) is 0 Å². The fourth-order valence-corrected chi connectivity index (χ4v) is 4.30. The van der Waals surface area contributed by atoms with Crippen molar-refractivity contribution < 1.29 is 18.8 Å². The lowest BCUT2D eigenvalue weighted by molar-refractivity contribution is -0.126. The Morgan fingerprint density at radius 3 is 2.57 bits per heavy atom. The first-order chi connectivity index (χ1) is 14.6. The minimum absolute atomic E-state index is 0.0589. The number of imide groups is 1. The van der Waals surface area contributed by atoms with Gasteiger partial charge in [0.05, 0.1) is 11.2 Å². The van der Waals surface area contributed by atoms with Crippen LogP contribution in [-0.2, 0) is 22.7 Å². The van der Waals surface area contributed by atoms with E-state index in [-0.39, 0.29) is 11.1 Å². The Morgan fingerprint density at radius 2 is 1.87 bits per heavy atom. The molecule has 0 atom stereocenters. The molecular formula is C23H16N2O4S. The van der Waals surface area contributed by atoms with Crippen LogP contribution in [0.15, 0.2) is 64.1 Å². The first-order valence-corrected chi connectivity index (χ1v) is 10.2. The Balaban J connectivity index is 1.37. The smallest absolute Gasteiger partial charge is 0.290 e. The lowest BCUT2D eigenvalue weighted by atomic mass is 10.1. The summed E-state index contributed by atoms with van der Waals surface area (Å²) in [5.41, 5.74) is 4.58. The molecule has 0 unspecified atom stereocenters. The first kappa shape index (κ1) is 18.4. The lowest BCUT2D eigenvalue weighted by Gasteiger charge is -2.12. The van der Waals surface area contributed by atoms with Crippen LogP contribution in [0.25, 0.3) is 23.1 Å². The van der Waals surface area contributed by atoms with Crippen LogP contribution in [0.3, 0.4) is 0 Å². The summed E-state index contributed by atoms with van der Waals surface area (Å²) in [6.45, 7) is 1.23. The SMILES string of the molecule is O=C1NC(=O)/C(=C/c2ccc3occ(/C=C/C(=O)N4Cc5ccccc5C4)c3c2)S1. The average molecular weight is 416 g/mol. The largest absolute Gasteiger partial charge is 0.464 e. The molecule has 30 heavy (non-hydrogen) atoms. The molecule has 3 aromatic rings. The van der Waals surface area contributed by atoms with Gasteiger partial charge in [0, 0.05) is 30.1 Å². The predicted octanol–water partition coefficient (Wildman–Crippen LogP) is 4.31. The number of carbonyl (C=O) groups excluding carboxylic acids is 3. The molecule has 2 aliphatic rings. The predicted molar refractivity (Wildman–Crippen MR) is 115 cm³/mol. The highest BCUT2D eigenvalue weighted by atomic mass is 32.2. The summed E-state index contributed by atoms with van der Waals surface area (Å²) in [6, 6.07) is 13.5. The zero-order chi connectivity index (χ0) is 20.7. The van der Waals surface area contributed by atoms with Crippen LogP contribution in [0.2, 0.25) is 0 Å². The van der Waals surface area contributed by atoms with E-state index in [9.17, 15) is 14.4 Å². The Bertz CT molecular complexity index is 1250. The van der Waals surface area contributed by atoms with Gasteiger partial charge in [-0.1, -0.05) is 30.3 Å². The van der Waals surface area contributed by atoms with Crippen molar-refractivity contribution >= 4 is 51.9 Å². The average Bonchev–Trinajstić information content (AvgIpc) is 3.43. The molecule has 0 spiro atoms. The third-order valence-corrected chi connectivity index (χ3v) is 5.94. The number of furan rings is 1. The van der Waals surface area contributed by atoms with Gasteiger partial charge < -0.3 is 9.32 Å². The number of carbonyl (C=O) groups is 3. The number of amides is 3. The van der Waals surface area contributed by atoms with Gasteiger partial charge in [-0.05, 0) is 52.7 Å². The molecule has 6 nitrogen and oxygen atoms in total. The summed E-state index contributed by atoms with van der Waals surface area (Å²) in [4.78, 5) is 37.9. The van der Waals surface area contributed by atoms with Crippen molar-refractivity contribution in [1.82, 2.24) is 10.2 Å². The molecule has 0 radical (unpaired) electrons. The Kier molecular flexibility index (Phi) is 4.52. The van der Waals surface area contributed by atoms with Crippen molar-refractivity contribution in [3.8, 4) is 0 Å². The zero-order valence-electron chi connectivity index (χ0n) is 15.8. The summed E-state index contributed by atoms with van der Waals surface area (Å²) in [5, 5.41) is 2.70. The number of nitrogens with one attached hydrogen (secondary N) is 1. The van der Waals surface area contributed by atoms with E-state index in [4.69, 9.17) is 4.42 Å². The van der Waals surface area contributed by atoms with Gasteiger partial charge in [-0.25, -0.2) is 0 Å². The zero-order valence-corrected chi connectivity index (χ0v) is 16.6. The summed E-state index contributed by atoms with van der Waals surface area (Å²) < 4.78 is 5.59. The molecule has 3 amide bonds. The molecule has 1 aromatic heterocycles. The van der Waals surface area contributed by atoms with E-state index in [1.807, 2.05) is 36.4 Å². The monoisotopic (exact) mass is 416 g/mol. The van der Waals surface area contributed by atoms with Crippen molar-refractivity contribution in [2.45, 2.75) is 13.1 Å². The highest BCUT2D eigenvalue weighted by Crippen LogP contribution is 2.29. The van der Waals surface area contributed by atoms with E-state index in [1.54, 1.807) is 35.5 Å². The van der Waals surface area contributed by atoms with Crippen molar-refractivity contribution in [2.24, 2.45) is 0 Å². The second-order valence-electron chi connectivity index (χ2n) is 7.10. The van der Waals surface area contributed by atoms with E-state index in [0.29, 0.717) is 23.6 Å². The molecule has 0 bridgehead atoms. The molecule has 148 valence electrons. The van der Waals surface area contributed by atoms with Crippen LogP contribution < -0.4 is 5.32 Å². The van der Waals surface area contributed by atoms with Crippen molar-refractivity contribution in [2.75, 3.05) is 0 Å². The quantitative estimate of drug-likeness (QED) is 0.644. The van der Waals surface area contributed by atoms with E-state index in [2.05, 4.69) is 5.32 Å². The summed E-state index contributed by atoms with van der Waals surface area (Å²) in [5.74, 6) is -0.453. The molecular weight excluding hydrogens is 400 g/mol. The topological polar surface area (TPSA) is 79.6 Å². The Hall–Kier alpha value is -3.58. The molecule has 5 rings (SSSR count). The van der Waals surface area contributed by atoms with Crippen LogP contribution >= 0.6 is 11.8 Å². The number of rotatable bonds is 3. The number of benzene rings is 2. The van der Waals surface area contributed by atoms with Crippen LogP contribution in [0.1, 0.15) is 22.3 Å². The van der Waals surface area contributed by atoms with Crippen LogP contribution in [0.4, 0.5) is 4.79 Å². The van der Waals surface area contributed by atoms with Gasteiger partial charge in [0.1, 0.15) is 5.58 Å². The third-order valence-electron chi connectivity index (χ3n) is 5.13. The van der Waals surface area contributed by atoms with E-state index >= 15 is 0 Å². The maximum atomic E-state index is 12.6. The highest BCUT2D eigenvalue weighted by Gasteiger charge is 2.25. The molecule has 0 aliphatic carbocycles. The molecule has 7 heteroatoms. The maximum absolute atomic E-state index is 12.6. The molecule has 1 fully saturated rings. The van der Waals surface area contributed by atoms with E-state index in [0.717, 1.165) is 28.3 Å². The number of hydrogen-bond acceptors (Lipinski definition) is 5. The van der Waals surface area contributed by atoms with E-state index in [1.165, 1.54) is 11.1 Å². The standard InChI is InChI=1S/C23H16N2O4S/c26-21(25-11-15-3-1-2-4-16(15)12-25)8-6-17-13-29-19-7-5-14(9-18(17)19)10-20-22(27)24-23(28)30-20/h1-10,13H,11-12H2,(H,24,27,28)/b8-6+,20-10-. The molecule has 2 aliphatic heterocycles. The Morgan fingerprint density at radius 1 is 1.10 bits per heavy atom. The maximum Gasteiger partial charge on any atom is 0.290 e. The molecule has 1 N–H and O–H groups in total. The summed E-state index contributed by atoms with van der Waals surface area (Å²) in [6.07, 6.45) is 6.57. The van der Waals surface area contributed by atoms with Crippen LogP contribution in [0, 0.1) is 0 Å². The second-order valence-corrected chi connectivity index (χ2v) is 8.11. The van der Waals surface area contributed by atoms with Gasteiger partial charge >= 0.3 is 0 Å². The number of hydrogen-bond donors (Lipinski definition) is 1. The number of fused-ring (bicyclic) bond motifs is 2. The number of nitrogens with zero attached hydrogens (tertiary/aromatic N) is 1. The Labute approximate surface area is 176 Å². The highest BCUT2D eigenvalue weighted by molar-refractivity contribution is 8.18. The number of thioether (sulfide) groups is 1. The van der Waals surface area contributed by atoms with Gasteiger partial charge in [-0.15, -0.1) is 0 Å². The van der Waals surface area contributed by atoms with Gasteiger partial charge in [-0.2, -0.15) is 0 Å². The van der Waals surface area contributed by atoms with Gasteiger partial charge in [-0.3, -0.25) is 19.7 Å². The normalized spacial score (nSPS) is 17.3. The third kappa shape index (κ3) is 3.44. The van der Waals surface area contributed by atoms with Crippen LogP contribution in [-0.4, -0.2) is 22.0 Å². The van der Waals surface area contributed by atoms with Crippen molar-refractivity contribution in [3.63, 3.8) is 0 Å². The molecule has 0 saturated carbocycles. The summed E-state index contributed by atoms with van der Waals surface area (Å²) in [7, 11) is 0. The fraction of sp³-hybridized carbons (Fsp3) is 0.0870. The van der Waals surface area contributed by atoms with Gasteiger partial charge in [0.2, 0.25) is 5.91 Å². The van der Waals surface area contributed by atoms with Gasteiger partial charge in [0.25, 0.3) is 11.1 Å². The van der Waals surface area contributed by atoms with E-state index < -0.39 is 5.91 Å². The van der Waals surface area contributed by atoms with Crippen molar-refractivity contribution in [3.05, 3.63) is 82.0 Å². The second kappa shape index (κ2) is 7.35. The minimum Gasteiger partial charge on any atom is -0.464 e. The lowest BCUT2D eigenvalue weighted by Crippen LogP contribution is -2.22. The molecule has 1 saturated heterocycles.